The molecule has 2 aromatic carbocycles. The quantitative estimate of drug-likeness (QED) is 0.338. The van der Waals surface area contributed by atoms with Crippen LogP contribution in [0.2, 0.25) is 5.02 Å². The minimum atomic E-state index is -0.862. The van der Waals surface area contributed by atoms with Crippen molar-refractivity contribution in [3.05, 3.63) is 81.5 Å². The van der Waals surface area contributed by atoms with Gasteiger partial charge in [-0.3, -0.25) is 9.59 Å². The summed E-state index contributed by atoms with van der Waals surface area (Å²) in [6.45, 7) is 0.909. The van der Waals surface area contributed by atoms with E-state index in [4.69, 9.17) is 16.3 Å². The van der Waals surface area contributed by atoms with Crippen LogP contribution in [0.3, 0.4) is 0 Å². The molecule has 34 heavy (non-hydrogen) atoms. The Labute approximate surface area is 206 Å². The zero-order valence-electron chi connectivity index (χ0n) is 18.6. The minimum absolute atomic E-state index is 0.0542. The van der Waals surface area contributed by atoms with Gasteiger partial charge in [-0.25, -0.2) is 4.68 Å². The molecular formula is C24H24ClN5O3S. The van der Waals surface area contributed by atoms with Gasteiger partial charge in [0, 0.05) is 23.6 Å². The number of hydrogen-bond donors (Lipinski definition) is 1. The van der Waals surface area contributed by atoms with Gasteiger partial charge in [0.25, 0.3) is 0 Å². The number of halogens is 1. The summed E-state index contributed by atoms with van der Waals surface area (Å²) in [6, 6.07) is 17.4. The molecule has 0 aliphatic carbocycles. The van der Waals surface area contributed by atoms with Crippen LogP contribution in [0.4, 0.5) is 0 Å². The van der Waals surface area contributed by atoms with Crippen LogP contribution in [-0.2, 0) is 27.4 Å². The van der Waals surface area contributed by atoms with Crippen LogP contribution in [-0.4, -0.2) is 52.0 Å². The zero-order chi connectivity index (χ0) is 23.9. The lowest BCUT2D eigenvalue weighted by molar-refractivity contribution is -0.142. The second-order valence-corrected chi connectivity index (χ2v) is 9.04. The zero-order valence-corrected chi connectivity index (χ0v) is 20.1. The van der Waals surface area contributed by atoms with Crippen LogP contribution < -0.4 is 5.32 Å². The lowest BCUT2D eigenvalue weighted by atomic mass is 10.0. The van der Waals surface area contributed by atoms with E-state index in [1.165, 1.54) is 11.3 Å². The number of aromatic nitrogens is 3. The first-order valence-corrected chi connectivity index (χ1v) is 11.9. The molecule has 0 saturated heterocycles. The van der Waals surface area contributed by atoms with Crippen LogP contribution in [0.5, 0.6) is 0 Å². The maximum atomic E-state index is 13.7. The second-order valence-electron chi connectivity index (χ2n) is 7.57. The highest BCUT2D eigenvalue weighted by Gasteiger charge is 2.32. The first kappa shape index (κ1) is 23.9. The molecule has 0 radical (unpaired) electrons. The summed E-state index contributed by atoms with van der Waals surface area (Å²) in [4.78, 5) is 29.6. The normalized spacial score (nSPS) is 11.9. The Bertz CT molecular complexity index is 1240. The number of rotatable bonds is 10. The highest BCUT2D eigenvalue weighted by molar-refractivity contribution is 7.09. The molecule has 10 heteroatoms. The molecule has 0 aliphatic rings. The molecule has 4 aromatic rings. The van der Waals surface area contributed by atoms with Crippen LogP contribution in [0.25, 0.3) is 11.0 Å². The SMILES string of the molecule is COCCNC(=O)[C@@H](c1ccc(Cl)cc1)N(Cc1cccs1)C(=O)Cn1nnc2ccccc21. The van der Waals surface area contributed by atoms with E-state index < -0.39 is 6.04 Å². The van der Waals surface area contributed by atoms with Crippen molar-refractivity contribution in [1.82, 2.24) is 25.2 Å². The number of ether oxygens (including phenoxy) is 1. The van der Waals surface area contributed by atoms with E-state index in [0.29, 0.717) is 29.3 Å². The Morgan fingerprint density at radius 2 is 1.94 bits per heavy atom. The van der Waals surface area contributed by atoms with E-state index in [0.717, 1.165) is 10.4 Å². The van der Waals surface area contributed by atoms with Gasteiger partial charge < -0.3 is 15.0 Å². The van der Waals surface area contributed by atoms with E-state index in [9.17, 15) is 9.59 Å². The first-order valence-electron chi connectivity index (χ1n) is 10.7. The summed E-state index contributed by atoms with van der Waals surface area (Å²) in [5, 5.41) is 13.7. The van der Waals surface area contributed by atoms with Crippen molar-refractivity contribution in [3.63, 3.8) is 0 Å². The molecule has 0 aliphatic heterocycles. The average Bonchev–Trinajstić information content (AvgIpc) is 3.50. The largest absolute Gasteiger partial charge is 0.383 e. The van der Waals surface area contributed by atoms with E-state index in [1.54, 1.807) is 41.0 Å². The van der Waals surface area contributed by atoms with Gasteiger partial charge in [0.15, 0.2) is 0 Å². The fourth-order valence-corrected chi connectivity index (χ4v) is 4.47. The number of carbonyl (C=O) groups is 2. The van der Waals surface area contributed by atoms with Gasteiger partial charge in [-0.15, -0.1) is 16.4 Å². The van der Waals surface area contributed by atoms with Gasteiger partial charge >= 0.3 is 0 Å². The fraction of sp³-hybridized carbons (Fsp3) is 0.250. The van der Waals surface area contributed by atoms with E-state index in [-0.39, 0.29) is 24.9 Å². The van der Waals surface area contributed by atoms with E-state index in [2.05, 4.69) is 15.6 Å². The number of fused-ring (bicyclic) bond motifs is 1. The minimum Gasteiger partial charge on any atom is -0.383 e. The molecule has 0 bridgehead atoms. The number of thiophene rings is 1. The van der Waals surface area contributed by atoms with E-state index in [1.807, 2.05) is 41.8 Å². The third kappa shape index (κ3) is 5.61. The number of para-hydroxylation sites is 1. The van der Waals surface area contributed by atoms with E-state index >= 15 is 0 Å². The molecule has 2 amide bonds. The summed E-state index contributed by atoms with van der Waals surface area (Å²) in [5.74, 6) is -0.557. The molecular weight excluding hydrogens is 474 g/mol. The Morgan fingerprint density at radius 1 is 1.15 bits per heavy atom. The topological polar surface area (TPSA) is 89.4 Å². The van der Waals surface area contributed by atoms with Crippen LogP contribution in [0.15, 0.2) is 66.0 Å². The van der Waals surface area contributed by atoms with Gasteiger partial charge in [0.2, 0.25) is 11.8 Å². The van der Waals surface area contributed by atoms with Crippen molar-refractivity contribution in [2.45, 2.75) is 19.1 Å². The Hall–Kier alpha value is -3.27. The smallest absolute Gasteiger partial charge is 0.247 e. The van der Waals surface area contributed by atoms with Crippen molar-refractivity contribution >= 4 is 45.8 Å². The molecule has 1 N–H and O–H groups in total. The molecule has 0 saturated carbocycles. The molecule has 0 spiro atoms. The highest BCUT2D eigenvalue weighted by Crippen LogP contribution is 2.27. The van der Waals surface area contributed by atoms with Crippen molar-refractivity contribution in [3.8, 4) is 0 Å². The molecule has 8 nitrogen and oxygen atoms in total. The van der Waals surface area contributed by atoms with Crippen molar-refractivity contribution < 1.29 is 14.3 Å². The van der Waals surface area contributed by atoms with Crippen LogP contribution in [0.1, 0.15) is 16.5 Å². The number of benzene rings is 2. The molecule has 4 rings (SSSR count). The number of nitrogens with one attached hydrogen (secondary N) is 1. The maximum absolute atomic E-state index is 13.7. The second kappa shape index (κ2) is 11.2. The van der Waals surface area contributed by atoms with Gasteiger partial charge in [0.05, 0.1) is 18.7 Å². The first-order chi connectivity index (χ1) is 16.6. The van der Waals surface area contributed by atoms with Gasteiger partial charge in [-0.1, -0.05) is 47.1 Å². The number of carbonyl (C=O) groups excluding carboxylic acids is 2. The third-order valence-corrected chi connectivity index (χ3v) is 6.40. The molecule has 0 fully saturated rings. The summed E-state index contributed by atoms with van der Waals surface area (Å²) in [6.07, 6.45) is 0. The van der Waals surface area contributed by atoms with Crippen LogP contribution in [0, 0.1) is 0 Å². The molecule has 0 unspecified atom stereocenters. The van der Waals surface area contributed by atoms with Gasteiger partial charge in [-0.05, 0) is 41.3 Å². The predicted molar refractivity (Wildman–Crippen MR) is 131 cm³/mol. The Balaban J connectivity index is 1.69. The molecule has 176 valence electrons. The Morgan fingerprint density at radius 3 is 2.68 bits per heavy atom. The lowest BCUT2D eigenvalue weighted by Gasteiger charge is -2.31. The standard InChI is InChI=1S/C24H24ClN5O3S/c1-33-13-12-26-24(32)23(17-8-10-18(25)11-9-17)29(15-19-5-4-14-34-19)22(31)16-30-21-7-3-2-6-20(21)27-28-30/h2-11,14,23H,12-13,15-16H2,1H3,(H,26,32)/t23-/m1/s1. The van der Waals surface area contributed by atoms with Crippen molar-refractivity contribution in [2.75, 3.05) is 20.3 Å². The summed E-state index contributed by atoms with van der Waals surface area (Å²) < 4.78 is 6.62. The summed E-state index contributed by atoms with van der Waals surface area (Å²) in [7, 11) is 1.57. The molecule has 2 heterocycles. The summed E-state index contributed by atoms with van der Waals surface area (Å²) in [5.41, 5.74) is 2.11. The maximum Gasteiger partial charge on any atom is 0.247 e. The predicted octanol–water partition coefficient (Wildman–Crippen LogP) is 3.68. The molecule has 1 atom stereocenters. The average molecular weight is 498 g/mol. The molecule has 2 aromatic heterocycles. The summed E-state index contributed by atoms with van der Waals surface area (Å²) >= 11 is 7.62. The monoisotopic (exact) mass is 497 g/mol. The number of methoxy groups -OCH3 is 1. The highest BCUT2D eigenvalue weighted by atomic mass is 35.5. The number of amides is 2. The Kier molecular flexibility index (Phi) is 7.89. The fourth-order valence-electron chi connectivity index (χ4n) is 3.64. The van der Waals surface area contributed by atoms with Gasteiger partial charge in [0.1, 0.15) is 18.1 Å². The van der Waals surface area contributed by atoms with Crippen LogP contribution >= 0.6 is 22.9 Å². The number of hydrogen-bond acceptors (Lipinski definition) is 6. The third-order valence-electron chi connectivity index (χ3n) is 5.28. The van der Waals surface area contributed by atoms with Crippen molar-refractivity contribution in [1.29, 1.82) is 0 Å². The van der Waals surface area contributed by atoms with Gasteiger partial charge in [-0.2, -0.15) is 0 Å². The lowest BCUT2D eigenvalue weighted by Crippen LogP contribution is -2.45. The van der Waals surface area contributed by atoms with Crippen molar-refractivity contribution in [2.24, 2.45) is 0 Å². The number of nitrogens with zero attached hydrogens (tertiary/aromatic N) is 4.